The third kappa shape index (κ3) is 4.03. The molecule has 0 amide bonds. The standard InChI is InChI=1S/C10H13ClOS/c1-2-9(12)7-13-10-5-3-8(11)4-6-10/h3-6,9,12H,2,7H2,1H3/t9-/m1/s1. The van der Waals surface area contributed by atoms with E-state index in [1.807, 2.05) is 31.2 Å². The SMILES string of the molecule is CC[C@@H](O)CSc1ccc(Cl)cc1. The average molecular weight is 217 g/mol. The van der Waals surface area contributed by atoms with Gasteiger partial charge in [0.15, 0.2) is 0 Å². The van der Waals surface area contributed by atoms with E-state index in [1.165, 1.54) is 0 Å². The van der Waals surface area contributed by atoms with Crippen LogP contribution in [0, 0.1) is 0 Å². The van der Waals surface area contributed by atoms with Crippen LogP contribution in [0.25, 0.3) is 0 Å². The molecule has 0 bridgehead atoms. The summed E-state index contributed by atoms with van der Waals surface area (Å²) in [6.07, 6.45) is 0.598. The van der Waals surface area contributed by atoms with Crippen LogP contribution in [0.2, 0.25) is 5.02 Å². The molecule has 72 valence electrons. The topological polar surface area (TPSA) is 20.2 Å². The lowest BCUT2D eigenvalue weighted by Gasteiger charge is -2.06. The third-order valence-electron chi connectivity index (χ3n) is 1.73. The first-order valence-corrected chi connectivity index (χ1v) is 5.65. The molecule has 1 atom stereocenters. The van der Waals surface area contributed by atoms with Crippen molar-refractivity contribution < 1.29 is 5.11 Å². The second kappa shape index (κ2) is 5.53. The van der Waals surface area contributed by atoms with Crippen LogP contribution < -0.4 is 0 Å². The molecule has 1 aromatic carbocycles. The molecule has 0 heterocycles. The molecule has 0 radical (unpaired) electrons. The first-order valence-electron chi connectivity index (χ1n) is 4.28. The molecule has 0 spiro atoms. The largest absolute Gasteiger partial charge is 0.392 e. The molecule has 0 aliphatic rings. The van der Waals surface area contributed by atoms with Gasteiger partial charge in [0.25, 0.3) is 0 Å². The van der Waals surface area contributed by atoms with E-state index in [0.29, 0.717) is 0 Å². The van der Waals surface area contributed by atoms with E-state index in [-0.39, 0.29) is 6.10 Å². The van der Waals surface area contributed by atoms with Crippen LogP contribution in [-0.4, -0.2) is 17.0 Å². The van der Waals surface area contributed by atoms with Crippen molar-refractivity contribution in [2.45, 2.75) is 24.3 Å². The number of aliphatic hydroxyl groups excluding tert-OH is 1. The lowest BCUT2D eigenvalue weighted by molar-refractivity contribution is 0.195. The minimum absolute atomic E-state index is 0.208. The number of aliphatic hydroxyl groups is 1. The Morgan fingerprint density at radius 3 is 2.54 bits per heavy atom. The zero-order valence-corrected chi connectivity index (χ0v) is 9.11. The molecule has 0 aliphatic carbocycles. The molecule has 13 heavy (non-hydrogen) atoms. The fourth-order valence-corrected chi connectivity index (χ4v) is 1.92. The highest BCUT2D eigenvalue weighted by molar-refractivity contribution is 7.99. The summed E-state index contributed by atoms with van der Waals surface area (Å²) >= 11 is 7.40. The van der Waals surface area contributed by atoms with E-state index in [1.54, 1.807) is 11.8 Å². The molecule has 1 aromatic rings. The minimum Gasteiger partial charge on any atom is -0.392 e. The van der Waals surface area contributed by atoms with Gasteiger partial charge < -0.3 is 5.11 Å². The van der Waals surface area contributed by atoms with Gasteiger partial charge in [-0.1, -0.05) is 18.5 Å². The number of thioether (sulfide) groups is 1. The van der Waals surface area contributed by atoms with Gasteiger partial charge in [-0.15, -0.1) is 11.8 Å². The first-order chi connectivity index (χ1) is 6.22. The molecule has 0 unspecified atom stereocenters. The molecule has 1 nitrogen and oxygen atoms in total. The Morgan fingerprint density at radius 1 is 1.38 bits per heavy atom. The lowest BCUT2D eigenvalue weighted by atomic mass is 10.3. The zero-order valence-electron chi connectivity index (χ0n) is 7.53. The van der Waals surface area contributed by atoms with Gasteiger partial charge in [0.05, 0.1) is 6.10 Å². The third-order valence-corrected chi connectivity index (χ3v) is 3.14. The molecular weight excluding hydrogens is 204 g/mol. The van der Waals surface area contributed by atoms with Gasteiger partial charge >= 0.3 is 0 Å². The molecule has 0 fully saturated rings. The average Bonchev–Trinajstić information content (AvgIpc) is 2.16. The molecule has 0 aliphatic heterocycles. The van der Waals surface area contributed by atoms with Crippen LogP contribution >= 0.6 is 23.4 Å². The minimum atomic E-state index is -0.208. The van der Waals surface area contributed by atoms with E-state index in [4.69, 9.17) is 11.6 Å². The maximum absolute atomic E-state index is 9.33. The van der Waals surface area contributed by atoms with Crippen LogP contribution in [0.15, 0.2) is 29.2 Å². The van der Waals surface area contributed by atoms with Crippen molar-refractivity contribution in [1.29, 1.82) is 0 Å². The molecule has 1 N–H and O–H groups in total. The summed E-state index contributed by atoms with van der Waals surface area (Å²) in [7, 11) is 0. The summed E-state index contributed by atoms with van der Waals surface area (Å²) in [6, 6.07) is 7.66. The van der Waals surface area contributed by atoms with Gasteiger partial charge in [-0.05, 0) is 30.7 Å². The van der Waals surface area contributed by atoms with Crippen LogP contribution in [-0.2, 0) is 0 Å². The van der Waals surface area contributed by atoms with Crippen LogP contribution in [0.4, 0.5) is 0 Å². The highest BCUT2D eigenvalue weighted by Crippen LogP contribution is 2.21. The Bertz CT molecular complexity index is 248. The molecule has 0 aromatic heterocycles. The van der Waals surface area contributed by atoms with Crippen molar-refractivity contribution in [3.05, 3.63) is 29.3 Å². The quantitative estimate of drug-likeness (QED) is 0.781. The first kappa shape index (κ1) is 10.9. The summed E-state index contributed by atoms with van der Waals surface area (Å²) in [4.78, 5) is 1.15. The summed E-state index contributed by atoms with van der Waals surface area (Å²) in [5, 5.41) is 10.1. The van der Waals surface area contributed by atoms with E-state index >= 15 is 0 Å². The van der Waals surface area contributed by atoms with Gasteiger partial charge in [-0.25, -0.2) is 0 Å². The van der Waals surface area contributed by atoms with Crippen molar-refractivity contribution in [2.75, 3.05) is 5.75 Å². The van der Waals surface area contributed by atoms with Gasteiger partial charge in [0.2, 0.25) is 0 Å². The number of halogens is 1. The Balaban J connectivity index is 2.41. The van der Waals surface area contributed by atoms with Gasteiger partial charge in [-0.3, -0.25) is 0 Å². The Labute approximate surface area is 88.1 Å². The zero-order chi connectivity index (χ0) is 9.68. The number of benzene rings is 1. The summed E-state index contributed by atoms with van der Waals surface area (Å²) in [5.41, 5.74) is 0. The van der Waals surface area contributed by atoms with Crippen molar-refractivity contribution in [2.24, 2.45) is 0 Å². The van der Waals surface area contributed by atoms with Crippen LogP contribution in [0.1, 0.15) is 13.3 Å². The number of rotatable bonds is 4. The van der Waals surface area contributed by atoms with E-state index in [9.17, 15) is 5.11 Å². The highest BCUT2D eigenvalue weighted by atomic mass is 35.5. The Hall–Kier alpha value is -0.180. The van der Waals surface area contributed by atoms with E-state index in [0.717, 1.165) is 22.1 Å². The van der Waals surface area contributed by atoms with Crippen molar-refractivity contribution in [3.63, 3.8) is 0 Å². The smallest absolute Gasteiger partial charge is 0.0631 e. The van der Waals surface area contributed by atoms with Crippen LogP contribution in [0.5, 0.6) is 0 Å². The molecular formula is C10H13ClOS. The predicted octanol–water partition coefficient (Wildman–Crippen LogP) is 3.20. The molecule has 3 heteroatoms. The predicted molar refractivity (Wildman–Crippen MR) is 58.5 cm³/mol. The van der Waals surface area contributed by atoms with Gasteiger partial charge in [-0.2, -0.15) is 0 Å². The Kier molecular flexibility index (Phi) is 4.64. The second-order valence-corrected chi connectivity index (χ2v) is 4.36. The molecule has 0 saturated heterocycles. The molecule has 1 rings (SSSR count). The van der Waals surface area contributed by atoms with Crippen molar-refractivity contribution >= 4 is 23.4 Å². The summed E-state index contributed by atoms with van der Waals surface area (Å²) in [5.74, 6) is 0.748. The van der Waals surface area contributed by atoms with E-state index in [2.05, 4.69) is 0 Å². The normalized spacial score (nSPS) is 12.8. The molecule has 0 saturated carbocycles. The number of hydrogen-bond acceptors (Lipinski definition) is 2. The van der Waals surface area contributed by atoms with Crippen molar-refractivity contribution in [1.82, 2.24) is 0 Å². The van der Waals surface area contributed by atoms with Gasteiger partial charge in [0.1, 0.15) is 0 Å². The fraction of sp³-hybridized carbons (Fsp3) is 0.400. The Morgan fingerprint density at radius 2 is 2.00 bits per heavy atom. The monoisotopic (exact) mass is 216 g/mol. The summed E-state index contributed by atoms with van der Waals surface area (Å²) < 4.78 is 0. The lowest BCUT2D eigenvalue weighted by Crippen LogP contribution is -2.06. The van der Waals surface area contributed by atoms with Crippen molar-refractivity contribution in [3.8, 4) is 0 Å². The maximum Gasteiger partial charge on any atom is 0.0631 e. The maximum atomic E-state index is 9.33. The van der Waals surface area contributed by atoms with Crippen LogP contribution in [0.3, 0.4) is 0 Å². The highest BCUT2D eigenvalue weighted by Gasteiger charge is 2.01. The fourth-order valence-electron chi connectivity index (χ4n) is 0.841. The van der Waals surface area contributed by atoms with E-state index < -0.39 is 0 Å². The number of hydrogen-bond donors (Lipinski definition) is 1. The summed E-state index contributed by atoms with van der Waals surface area (Å²) in [6.45, 7) is 1.98. The van der Waals surface area contributed by atoms with Gasteiger partial charge in [0, 0.05) is 15.7 Å². The second-order valence-electron chi connectivity index (χ2n) is 2.83.